The fourth-order valence-electron chi connectivity index (χ4n) is 1.75. The van der Waals surface area contributed by atoms with Crippen molar-refractivity contribution in [3.05, 3.63) is 29.6 Å². The van der Waals surface area contributed by atoms with E-state index < -0.39 is 0 Å². The number of aromatic nitrogens is 1. The molecule has 0 aliphatic rings. The molecule has 1 aromatic rings. The molecule has 0 atom stereocenters. The van der Waals surface area contributed by atoms with Crippen molar-refractivity contribution in [2.24, 2.45) is 0 Å². The Bertz CT molecular complexity index is 503. The molecular formula is C15H20N2O3. The molecule has 0 aromatic carbocycles. The molecule has 5 heteroatoms. The van der Waals surface area contributed by atoms with Gasteiger partial charge in [-0.3, -0.25) is 9.78 Å². The van der Waals surface area contributed by atoms with E-state index in [9.17, 15) is 4.79 Å². The van der Waals surface area contributed by atoms with Gasteiger partial charge in [-0.05, 0) is 19.9 Å². The number of carbonyl (C=O) groups excluding carboxylic acids is 1. The Labute approximate surface area is 119 Å². The van der Waals surface area contributed by atoms with Crippen molar-refractivity contribution < 1.29 is 15.0 Å². The number of aliphatic hydroxyl groups excluding tert-OH is 2. The van der Waals surface area contributed by atoms with Crippen molar-refractivity contribution in [2.45, 2.75) is 26.3 Å². The number of carbonyl (C=O) groups is 1. The van der Waals surface area contributed by atoms with Crippen LogP contribution in [0.25, 0.3) is 0 Å². The van der Waals surface area contributed by atoms with Gasteiger partial charge in [0.05, 0.1) is 24.3 Å². The average Bonchev–Trinajstić information content (AvgIpc) is 2.44. The largest absolute Gasteiger partial charge is 0.395 e. The predicted octanol–water partition coefficient (Wildman–Crippen LogP) is 0.658. The Morgan fingerprint density at radius 2 is 2.15 bits per heavy atom. The van der Waals surface area contributed by atoms with Crippen LogP contribution in [0.5, 0.6) is 0 Å². The molecule has 108 valence electrons. The van der Waals surface area contributed by atoms with Gasteiger partial charge in [0, 0.05) is 31.4 Å². The van der Waals surface area contributed by atoms with Crippen molar-refractivity contribution in [2.75, 3.05) is 19.8 Å². The highest BCUT2D eigenvalue weighted by atomic mass is 16.3. The van der Waals surface area contributed by atoms with Gasteiger partial charge in [-0.15, -0.1) is 0 Å². The second-order valence-corrected chi connectivity index (χ2v) is 4.51. The third kappa shape index (κ3) is 4.34. The van der Waals surface area contributed by atoms with Crippen LogP contribution in [0.3, 0.4) is 0 Å². The van der Waals surface area contributed by atoms with Crippen LogP contribution in [-0.2, 0) is 0 Å². The monoisotopic (exact) mass is 276 g/mol. The molecule has 2 N–H and O–H groups in total. The maximum absolute atomic E-state index is 12.5. The van der Waals surface area contributed by atoms with E-state index in [-0.39, 0.29) is 31.7 Å². The first-order chi connectivity index (χ1) is 9.61. The summed E-state index contributed by atoms with van der Waals surface area (Å²) in [4.78, 5) is 18.1. The summed E-state index contributed by atoms with van der Waals surface area (Å²) < 4.78 is 0. The molecule has 20 heavy (non-hydrogen) atoms. The molecule has 0 aliphatic heterocycles. The van der Waals surface area contributed by atoms with Crippen LogP contribution in [0.2, 0.25) is 0 Å². The summed E-state index contributed by atoms with van der Waals surface area (Å²) in [5.41, 5.74) is 1.00. The molecule has 1 amide bonds. The van der Waals surface area contributed by atoms with Crippen LogP contribution in [0.4, 0.5) is 0 Å². The van der Waals surface area contributed by atoms with Crippen molar-refractivity contribution in [1.82, 2.24) is 9.88 Å². The van der Waals surface area contributed by atoms with Crippen LogP contribution < -0.4 is 0 Å². The first-order valence-electron chi connectivity index (χ1n) is 6.57. The summed E-state index contributed by atoms with van der Waals surface area (Å²) in [5.74, 6) is 5.46. The first kappa shape index (κ1) is 16.2. The summed E-state index contributed by atoms with van der Waals surface area (Å²) in [6, 6.07) is 1.61. The Morgan fingerprint density at radius 3 is 2.75 bits per heavy atom. The number of amides is 1. The minimum atomic E-state index is -0.176. The molecule has 1 aromatic heterocycles. The van der Waals surface area contributed by atoms with Gasteiger partial charge in [-0.25, -0.2) is 0 Å². The summed E-state index contributed by atoms with van der Waals surface area (Å²) in [6.45, 7) is 3.97. The van der Waals surface area contributed by atoms with Gasteiger partial charge in [0.25, 0.3) is 5.91 Å². The zero-order valence-electron chi connectivity index (χ0n) is 11.8. The summed E-state index contributed by atoms with van der Waals surface area (Å²) in [7, 11) is 0. The second-order valence-electron chi connectivity index (χ2n) is 4.51. The minimum Gasteiger partial charge on any atom is -0.395 e. The molecule has 0 bridgehead atoms. The number of hydrogen-bond donors (Lipinski definition) is 2. The molecule has 1 heterocycles. The standard InChI is InChI=1S/C15H20N2O3/c1-12(2)17(8-10-19)15(20)14-6-7-16-11-13(14)5-3-4-9-18/h6-7,11-12,18-19H,4,8-10H2,1-2H3. The fourth-order valence-corrected chi connectivity index (χ4v) is 1.75. The van der Waals surface area contributed by atoms with Crippen molar-refractivity contribution >= 4 is 5.91 Å². The Kier molecular flexibility index (Phi) is 6.71. The smallest absolute Gasteiger partial charge is 0.255 e. The highest BCUT2D eigenvalue weighted by molar-refractivity contribution is 5.96. The zero-order chi connectivity index (χ0) is 15.0. The lowest BCUT2D eigenvalue weighted by atomic mass is 10.1. The SMILES string of the molecule is CC(C)N(CCO)C(=O)c1ccncc1C#CCCO. The fraction of sp³-hybridized carbons (Fsp3) is 0.467. The van der Waals surface area contributed by atoms with E-state index in [1.165, 1.54) is 6.20 Å². The first-order valence-corrected chi connectivity index (χ1v) is 6.57. The molecule has 0 saturated heterocycles. The number of hydrogen-bond acceptors (Lipinski definition) is 4. The van der Waals surface area contributed by atoms with E-state index in [4.69, 9.17) is 10.2 Å². The number of nitrogens with zero attached hydrogens (tertiary/aromatic N) is 2. The predicted molar refractivity (Wildman–Crippen MR) is 76.1 cm³/mol. The maximum Gasteiger partial charge on any atom is 0.255 e. The van der Waals surface area contributed by atoms with Crippen molar-refractivity contribution in [3.63, 3.8) is 0 Å². The lowest BCUT2D eigenvalue weighted by Crippen LogP contribution is -2.39. The van der Waals surface area contributed by atoms with E-state index in [2.05, 4.69) is 16.8 Å². The topological polar surface area (TPSA) is 73.7 Å². The summed E-state index contributed by atoms with van der Waals surface area (Å²) in [5, 5.41) is 17.8. The molecule has 1 rings (SSSR count). The van der Waals surface area contributed by atoms with E-state index in [1.807, 2.05) is 13.8 Å². The summed E-state index contributed by atoms with van der Waals surface area (Å²) >= 11 is 0. The number of aliphatic hydroxyl groups is 2. The highest BCUT2D eigenvalue weighted by Crippen LogP contribution is 2.12. The molecule has 0 fully saturated rings. The Hall–Kier alpha value is -1.90. The van der Waals surface area contributed by atoms with Crippen LogP contribution in [-0.4, -0.2) is 51.8 Å². The third-order valence-electron chi connectivity index (χ3n) is 2.74. The second kappa shape index (κ2) is 8.31. The lowest BCUT2D eigenvalue weighted by molar-refractivity contribution is 0.0665. The van der Waals surface area contributed by atoms with E-state index in [1.54, 1.807) is 17.2 Å². The molecule has 0 spiro atoms. The van der Waals surface area contributed by atoms with Gasteiger partial charge in [0.15, 0.2) is 0 Å². The van der Waals surface area contributed by atoms with E-state index >= 15 is 0 Å². The van der Waals surface area contributed by atoms with Crippen molar-refractivity contribution in [1.29, 1.82) is 0 Å². The molecule has 0 unspecified atom stereocenters. The number of rotatable bonds is 5. The zero-order valence-corrected chi connectivity index (χ0v) is 11.8. The van der Waals surface area contributed by atoms with Crippen LogP contribution in [0.15, 0.2) is 18.5 Å². The molecular weight excluding hydrogens is 256 g/mol. The molecule has 0 radical (unpaired) electrons. The van der Waals surface area contributed by atoms with Crippen LogP contribution in [0, 0.1) is 11.8 Å². The quantitative estimate of drug-likeness (QED) is 0.775. The lowest BCUT2D eigenvalue weighted by Gasteiger charge is -2.26. The average molecular weight is 276 g/mol. The molecule has 0 saturated carbocycles. The van der Waals surface area contributed by atoms with Gasteiger partial charge >= 0.3 is 0 Å². The minimum absolute atomic E-state index is 0.0129. The molecule has 5 nitrogen and oxygen atoms in total. The normalized spacial score (nSPS) is 10.1. The van der Waals surface area contributed by atoms with E-state index in [0.29, 0.717) is 17.5 Å². The van der Waals surface area contributed by atoms with Gasteiger partial charge in [0.2, 0.25) is 0 Å². The van der Waals surface area contributed by atoms with Crippen LogP contribution in [0.1, 0.15) is 36.2 Å². The molecule has 0 aliphatic carbocycles. The third-order valence-corrected chi connectivity index (χ3v) is 2.74. The Balaban J connectivity index is 3.06. The van der Waals surface area contributed by atoms with Crippen molar-refractivity contribution in [3.8, 4) is 11.8 Å². The van der Waals surface area contributed by atoms with E-state index in [0.717, 1.165) is 0 Å². The number of pyridine rings is 1. The van der Waals surface area contributed by atoms with Gasteiger partial charge in [0.1, 0.15) is 0 Å². The van der Waals surface area contributed by atoms with Gasteiger partial charge < -0.3 is 15.1 Å². The highest BCUT2D eigenvalue weighted by Gasteiger charge is 2.20. The summed E-state index contributed by atoms with van der Waals surface area (Å²) in [6.07, 6.45) is 3.43. The Morgan fingerprint density at radius 1 is 1.40 bits per heavy atom. The van der Waals surface area contributed by atoms with Gasteiger partial charge in [-0.2, -0.15) is 0 Å². The van der Waals surface area contributed by atoms with Gasteiger partial charge in [-0.1, -0.05) is 11.8 Å². The van der Waals surface area contributed by atoms with Crippen LogP contribution >= 0.6 is 0 Å². The maximum atomic E-state index is 12.5.